The monoisotopic (exact) mass is 312 g/mol. The minimum atomic E-state index is -7.10. The molecule has 0 spiro atoms. The van der Waals surface area contributed by atoms with Crippen LogP contribution in [0.1, 0.15) is 0 Å². The summed E-state index contributed by atoms with van der Waals surface area (Å²) in [6.07, 6.45) is -21.2. The van der Waals surface area contributed by atoms with Crippen molar-refractivity contribution in [3.05, 3.63) is 12.7 Å². The van der Waals surface area contributed by atoms with E-state index < -0.39 is 36.3 Å². The SMILES string of the molecule is C=CC(F)(F)C(F)(F)OC(F)(F)C(F)(F)C(F)(F)F. The van der Waals surface area contributed by atoms with Gasteiger partial charge in [-0.2, -0.15) is 48.3 Å². The molecular formula is C7H3F11O. The average molecular weight is 312 g/mol. The molecular weight excluding hydrogens is 309 g/mol. The molecule has 12 heteroatoms. The van der Waals surface area contributed by atoms with Gasteiger partial charge in [0.15, 0.2) is 0 Å². The van der Waals surface area contributed by atoms with Crippen LogP contribution in [0.25, 0.3) is 0 Å². The Bertz CT molecular complexity index is 341. The van der Waals surface area contributed by atoms with Crippen LogP contribution in [0.5, 0.6) is 0 Å². The molecule has 0 saturated heterocycles. The van der Waals surface area contributed by atoms with Gasteiger partial charge in [-0.1, -0.05) is 6.58 Å². The highest BCUT2D eigenvalue weighted by molar-refractivity contribution is 4.96. The van der Waals surface area contributed by atoms with E-state index in [2.05, 4.69) is 6.58 Å². The first-order chi connectivity index (χ1) is 8.02. The molecule has 0 aromatic rings. The smallest absolute Gasteiger partial charge is 0.245 e. The minimum absolute atomic E-state index is 0.950. The third-order valence-electron chi connectivity index (χ3n) is 1.62. The van der Waals surface area contributed by atoms with E-state index in [1.54, 1.807) is 4.74 Å². The molecule has 19 heavy (non-hydrogen) atoms. The molecule has 0 unspecified atom stereocenters. The lowest BCUT2D eigenvalue weighted by atomic mass is 10.2. The van der Waals surface area contributed by atoms with Gasteiger partial charge in [-0.3, -0.25) is 0 Å². The molecule has 0 aliphatic rings. The van der Waals surface area contributed by atoms with Gasteiger partial charge in [-0.25, -0.2) is 4.74 Å². The number of hydrogen-bond donors (Lipinski definition) is 0. The summed E-state index contributed by atoms with van der Waals surface area (Å²) in [5.74, 6) is -12.7. The maximum Gasteiger partial charge on any atom is 0.462 e. The molecule has 0 aromatic heterocycles. The average Bonchev–Trinajstić information content (AvgIpc) is 2.13. The van der Waals surface area contributed by atoms with Gasteiger partial charge in [-0.05, 0) is 6.08 Å². The van der Waals surface area contributed by atoms with Crippen LogP contribution < -0.4 is 0 Å². The Labute approximate surface area is 97.2 Å². The Morgan fingerprint density at radius 3 is 1.32 bits per heavy atom. The fraction of sp³-hybridized carbons (Fsp3) is 0.714. The van der Waals surface area contributed by atoms with Gasteiger partial charge in [0.1, 0.15) is 0 Å². The van der Waals surface area contributed by atoms with E-state index in [4.69, 9.17) is 0 Å². The molecule has 0 atom stereocenters. The zero-order chi connectivity index (χ0) is 15.9. The first-order valence-electron chi connectivity index (χ1n) is 3.93. The Morgan fingerprint density at radius 2 is 1.05 bits per heavy atom. The molecule has 0 heterocycles. The van der Waals surface area contributed by atoms with Crippen molar-refractivity contribution >= 4 is 0 Å². The number of hydrogen-bond acceptors (Lipinski definition) is 1. The van der Waals surface area contributed by atoms with Gasteiger partial charge in [0.25, 0.3) is 0 Å². The quantitative estimate of drug-likeness (QED) is 0.546. The third-order valence-corrected chi connectivity index (χ3v) is 1.62. The van der Waals surface area contributed by atoms with Gasteiger partial charge in [-0.15, -0.1) is 0 Å². The number of halogens is 11. The van der Waals surface area contributed by atoms with Gasteiger partial charge < -0.3 is 0 Å². The summed E-state index contributed by atoms with van der Waals surface area (Å²) < 4.78 is 135. The summed E-state index contributed by atoms with van der Waals surface area (Å²) in [5, 5.41) is 0. The van der Waals surface area contributed by atoms with E-state index in [1.165, 1.54) is 0 Å². The number of alkyl halides is 11. The van der Waals surface area contributed by atoms with Crippen LogP contribution in [0.2, 0.25) is 0 Å². The van der Waals surface area contributed by atoms with E-state index in [0.29, 0.717) is 0 Å². The van der Waals surface area contributed by atoms with E-state index in [0.717, 1.165) is 0 Å². The second-order valence-corrected chi connectivity index (χ2v) is 3.03. The third kappa shape index (κ3) is 3.09. The van der Waals surface area contributed by atoms with Crippen LogP contribution in [0.15, 0.2) is 12.7 Å². The summed E-state index contributed by atoms with van der Waals surface area (Å²) >= 11 is 0. The number of rotatable bonds is 5. The zero-order valence-electron chi connectivity index (χ0n) is 8.35. The largest absolute Gasteiger partial charge is 0.462 e. The van der Waals surface area contributed by atoms with Crippen molar-refractivity contribution in [3.63, 3.8) is 0 Å². The first-order valence-corrected chi connectivity index (χ1v) is 3.93. The van der Waals surface area contributed by atoms with Crippen molar-refractivity contribution in [2.75, 3.05) is 0 Å². The summed E-state index contributed by atoms with van der Waals surface area (Å²) in [6.45, 7) is 2.07. The van der Waals surface area contributed by atoms with E-state index >= 15 is 0 Å². The lowest BCUT2D eigenvalue weighted by Crippen LogP contribution is -2.58. The molecule has 0 aliphatic heterocycles. The van der Waals surface area contributed by atoms with Crippen molar-refractivity contribution < 1.29 is 53.0 Å². The maximum absolute atomic E-state index is 12.4. The van der Waals surface area contributed by atoms with Gasteiger partial charge in [0, 0.05) is 0 Å². The van der Waals surface area contributed by atoms with Gasteiger partial charge >= 0.3 is 30.2 Å². The van der Waals surface area contributed by atoms with Crippen molar-refractivity contribution in [1.29, 1.82) is 0 Å². The molecule has 0 saturated carbocycles. The highest BCUT2D eigenvalue weighted by atomic mass is 19.4. The predicted octanol–water partition coefficient (Wildman–Crippen LogP) is 4.21. The molecule has 0 fully saturated rings. The summed E-state index contributed by atoms with van der Waals surface area (Å²) in [6, 6.07) is 0. The molecule has 0 bridgehead atoms. The van der Waals surface area contributed by atoms with Crippen LogP contribution in [-0.2, 0) is 4.74 Å². The van der Waals surface area contributed by atoms with E-state index in [-0.39, 0.29) is 0 Å². The lowest BCUT2D eigenvalue weighted by molar-refractivity contribution is -0.491. The Kier molecular flexibility index (Phi) is 4.24. The highest BCUT2D eigenvalue weighted by Crippen LogP contribution is 2.51. The van der Waals surface area contributed by atoms with E-state index in [9.17, 15) is 48.3 Å². The second kappa shape index (κ2) is 4.49. The Morgan fingerprint density at radius 1 is 0.684 bits per heavy atom. The van der Waals surface area contributed by atoms with Crippen molar-refractivity contribution in [2.45, 2.75) is 30.2 Å². The fourth-order valence-electron chi connectivity index (χ4n) is 0.577. The van der Waals surface area contributed by atoms with Crippen molar-refractivity contribution in [3.8, 4) is 0 Å². The van der Waals surface area contributed by atoms with Crippen molar-refractivity contribution in [2.24, 2.45) is 0 Å². The van der Waals surface area contributed by atoms with E-state index in [1.807, 2.05) is 0 Å². The van der Waals surface area contributed by atoms with Crippen LogP contribution in [0, 0.1) is 0 Å². The highest BCUT2D eigenvalue weighted by Gasteiger charge is 2.78. The van der Waals surface area contributed by atoms with Crippen LogP contribution in [-0.4, -0.2) is 30.2 Å². The lowest BCUT2D eigenvalue weighted by Gasteiger charge is -2.32. The second-order valence-electron chi connectivity index (χ2n) is 3.03. The standard InChI is InChI=1S/C7H3F11O/c1-2-3(8,9)6(15,16)19-7(17,18)4(10,11)5(12,13)14/h2H,1H2. The van der Waals surface area contributed by atoms with Gasteiger partial charge in [0.05, 0.1) is 0 Å². The summed E-state index contributed by atoms with van der Waals surface area (Å²) in [4.78, 5) is 0. The molecule has 1 nitrogen and oxygen atoms in total. The topological polar surface area (TPSA) is 9.23 Å². The van der Waals surface area contributed by atoms with Crippen LogP contribution >= 0.6 is 0 Å². The fourth-order valence-corrected chi connectivity index (χ4v) is 0.577. The molecule has 0 aromatic carbocycles. The molecule has 0 aliphatic carbocycles. The normalized spacial score (nSPS) is 15.5. The Hall–Kier alpha value is -1.07. The van der Waals surface area contributed by atoms with Crippen LogP contribution in [0.3, 0.4) is 0 Å². The molecule has 114 valence electrons. The van der Waals surface area contributed by atoms with Crippen molar-refractivity contribution in [1.82, 2.24) is 0 Å². The maximum atomic E-state index is 12.4. The molecule has 0 rings (SSSR count). The molecule has 0 amide bonds. The molecule has 0 radical (unpaired) electrons. The zero-order valence-corrected chi connectivity index (χ0v) is 8.35. The van der Waals surface area contributed by atoms with Gasteiger partial charge in [0.2, 0.25) is 0 Å². The summed E-state index contributed by atoms with van der Waals surface area (Å²) in [7, 11) is 0. The Balaban J connectivity index is 5.45. The predicted molar refractivity (Wildman–Crippen MR) is 37.1 cm³/mol. The summed E-state index contributed by atoms with van der Waals surface area (Å²) in [5.41, 5.74) is 0. The number of ether oxygens (including phenoxy) is 1. The van der Waals surface area contributed by atoms with Crippen LogP contribution in [0.4, 0.5) is 48.3 Å². The minimum Gasteiger partial charge on any atom is -0.245 e. The molecule has 0 N–H and O–H groups in total. The first kappa shape index (κ1) is 17.9.